The Kier molecular flexibility index (Phi) is 7.25. The standard InChI is InChI=1S/C23H28N2O4/c1-2-24(22(26)16-25-14-6-9-21(25)23(27)28)15-18-10-12-20(13-11-18)29-17-19-7-4-3-5-8-19/h3-5,7-8,10-13,21H,2,6,9,14-17H2,1H3,(H,27,28). The van der Waals surface area contributed by atoms with Crippen LogP contribution in [0.4, 0.5) is 0 Å². The van der Waals surface area contributed by atoms with Crippen LogP contribution < -0.4 is 4.74 Å². The highest BCUT2D eigenvalue weighted by atomic mass is 16.5. The van der Waals surface area contributed by atoms with Gasteiger partial charge >= 0.3 is 5.97 Å². The van der Waals surface area contributed by atoms with Gasteiger partial charge in [-0.25, -0.2) is 0 Å². The first-order valence-corrected chi connectivity index (χ1v) is 10.1. The SMILES string of the molecule is CCN(Cc1ccc(OCc2ccccc2)cc1)C(=O)CN1CCCC1C(=O)O. The smallest absolute Gasteiger partial charge is 0.320 e. The van der Waals surface area contributed by atoms with Gasteiger partial charge in [-0.3, -0.25) is 14.5 Å². The van der Waals surface area contributed by atoms with Gasteiger partial charge in [0, 0.05) is 13.1 Å². The predicted octanol–water partition coefficient (Wildman–Crippen LogP) is 3.16. The molecule has 3 rings (SSSR count). The number of ether oxygens (including phenoxy) is 1. The molecule has 1 amide bonds. The van der Waals surface area contributed by atoms with Gasteiger partial charge in [-0.1, -0.05) is 42.5 Å². The van der Waals surface area contributed by atoms with Crippen LogP contribution in [0.25, 0.3) is 0 Å². The lowest BCUT2D eigenvalue weighted by Crippen LogP contribution is -2.44. The molecular weight excluding hydrogens is 368 g/mol. The minimum Gasteiger partial charge on any atom is -0.489 e. The van der Waals surface area contributed by atoms with Gasteiger partial charge in [0.1, 0.15) is 18.4 Å². The number of benzene rings is 2. The third-order valence-corrected chi connectivity index (χ3v) is 5.27. The van der Waals surface area contributed by atoms with Crippen molar-refractivity contribution in [2.24, 2.45) is 0 Å². The van der Waals surface area contributed by atoms with Crippen molar-refractivity contribution in [3.05, 3.63) is 65.7 Å². The summed E-state index contributed by atoms with van der Waals surface area (Å²) in [6.07, 6.45) is 1.43. The van der Waals surface area contributed by atoms with E-state index >= 15 is 0 Å². The number of hydrogen-bond acceptors (Lipinski definition) is 4. The van der Waals surface area contributed by atoms with Crippen LogP contribution in [-0.2, 0) is 22.7 Å². The minimum absolute atomic E-state index is 0.0370. The largest absolute Gasteiger partial charge is 0.489 e. The highest BCUT2D eigenvalue weighted by Crippen LogP contribution is 2.19. The summed E-state index contributed by atoms with van der Waals surface area (Å²) in [5, 5.41) is 9.29. The predicted molar refractivity (Wildman–Crippen MR) is 111 cm³/mol. The Morgan fingerprint density at radius 3 is 2.48 bits per heavy atom. The number of carbonyl (C=O) groups is 2. The Morgan fingerprint density at radius 2 is 1.83 bits per heavy atom. The zero-order chi connectivity index (χ0) is 20.6. The summed E-state index contributed by atoms with van der Waals surface area (Å²) in [6.45, 7) is 4.35. The maximum absolute atomic E-state index is 12.7. The fourth-order valence-corrected chi connectivity index (χ4v) is 3.60. The molecule has 2 aromatic carbocycles. The number of carbonyl (C=O) groups excluding carboxylic acids is 1. The first kappa shape index (κ1) is 20.9. The Balaban J connectivity index is 1.53. The molecule has 2 aromatic rings. The Labute approximate surface area is 171 Å². The van der Waals surface area contributed by atoms with Crippen LogP contribution in [0.1, 0.15) is 30.9 Å². The molecule has 1 atom stereocenters. The second-order valence-corrected chi connectivity index (χ2v) is 7.29. The van der Waals surface area contributed by atoms with Crippen LogP contribution in [0.5, 0.6) is 5.75 Å². The number of carboxylic acid groups (broad SMARTS) is 1. The topological polar surface area (TPSA) is 70.1 Å². The van der Waals surface area contributed by atoms with Crippen LogP contribution in [0.2, 0.25) is 0 Å². The van der Waals surface area contributed by atoms with Crippen molar-refractivity contribution in [3.8, 4) is 5.75 Å². The summed E-state index contributed by atoms with van der Waals surface area (Å²) in [6, 6.07) is 17.2. The normalized spacial score (nSPS) is 16.5. The summed E-state index contributed by atoms with van der Waals surface area (Å²) in [5.41, 5.74) is 2.13. The molecular formula is C23H28N2O4. The molecule has 0 radical (unpaired) electrons. The molecule has 1 fully saturated rings. The summed E-state index contributed by atoms with van der Waals surface area (Å²) in [5.74, 6) is -0.0946. The van der Waals surface area contributed by atoms with Gasteiger partial charge in [0.25, 0.3) is 0 Å². The van der Waals surface area contributed by atoms with Crippen molar-refractivity contribution >= 4 is 11.9 Å². The van der Waals surface area contributed by atoms with Gasteiger partial charge in [0.05, 0.1) is 6.54 Å². The Morgan fingerprint density at radius 1 is 1.10 bits per heavy atom. The van der Waals surface area contributed by atoms with E-state index < -0.39 is 12.0 Å². The highest BCUT2D eigenvalue weighted by molar-refractivity contribution is 5.80. The zero-order valence-corrected chi connectivity index (χ0v) is 16.8. The number of likely N-dealkylation sites (tertiary alicyclic amines) is 1. The lowest BCUT2D eigenvalue weighted by Gasteiger charge is -2.26. The average Bonchev–Trinajstić information content (AvgIpc) is 3.20. The summed E-state index contributed by atoms with van der Waals surface area (Å²) in [7, 11) is 0. The molecule has 1 aliphatic rings. The second-order valence-electron chi connectivity index (χ2n) is 7.29. The van der Waals surface area contributed by atoms with E-state index in [4.69, 9.17) is 4.74 Å². The van der Waals surface area contributed by atoms with Crippen LogP contribution in [0.15, 0.2) is 54.6 Å². The molecule has 6 nitrogen and oxygen atoms in total. The first-order valence-electron chi connectivity index (χ1n) is 10.1. The van der Waals surface area contributed by atoms with Gasteiger partial charge in [0.15, 0.2) is 0 Å². The molecule has 6 heteroatoms. The third-order valence-electron chi connectivity index (χ3n) is 5.27. The van der Waals surface area contributed by atoms with Gasteiger partial charge in [-0.2, -0.15) is 0 Å². The molecule has 1 N–H and O–H groups in total. The monoisotopic (exact) mass is 396 g/mol. The second kappa shape index (κ2) is 10.1. The first-order chi connectivity index (χ1) is 14.1. The van der Waals surface area contributed by atoms with Crippen molar-refractivity contribution < 1.29 is 19.4 Å². The number of amides is 1. The van der Waals surface area contributed by atoms with Crippen LogP contribution in [0, 0.1) is 0 Å². The van der Waals surface area contributed by atoms with Gasteiger partial charge in [-0.05, 0) is 49.6 Å². The van der Waals surface area contributed by atoms with Crippen LogP contribution >= 0.6 is 0 Å². The average molecular weight is 396 g/mol. The van der Waals surface area contributed by atoms with E-state index in [1.165, 1.54) is 0 Å². The number of likely N-dealkylation sites (N-methyl/N-ethyl adjacent to an activating group) is 1. The lowest BCUT2D eigenvalue weighted by atomic mass is 10.2. The number of carboxylic acids is 1. The van der Waals surface area contributed by atoms with Gasteiger partial charge < -0.3 is 14.7 Å². The molecule has 1 saturated heterocycles. The van der Waals surface area contributed by atoms with E-state index in [0.29, 0.717) is 32.7 Å². The number of aliphatic carboxylic acids is 1. The molecule has 0 aliphatic carbocycles. The molecule has 1 aliphatic heterocycles. The van der Waals surface area contributed by atoms with Crippen molar-refractivity contribution in [1.29, 1.82) is 0 Å². The minimum atomic E-state index is -0.843. The van der Waals surface area contributed by atoms with E-state index in [-0.39, 0.29) is 12.5 Å². The van der Waals surface area contributed by atoms with E-state index in [9.17, 15) is 14.7 Å². The zero-order valence-electron chi connectivity index (χ0n) is 16.8. The maximum Gasteiger partial charge on any atom is 0.320 e. The van der Waals surface area contributed by atoms with Crippen molar-refractivity contribution in [3.63, 3.8) is 0 Å². The van der Waals surface area contributed by atoms with Crippen molar-refractivity contribution in [1.82, 2.24) is 9.80 Å². The van der Waals surface area contributed by atoms with E-state index in [1.54, 1.807) is 9.80 Å². The molecule has 1 heterocycles. The van der Waals surface area contributed by atoms with Crippen LogP contribution in [0.3, 0.4) is 0 Å². The van der Waals surface area contributed by atoms with E-state index in [1.807, 2.05) is 61.5 Å². The molecule has 29 heavy (non-hydrogen) atoms. The molecule has 0 saturated carbocycles. The number of hydrogen-bond donors (Lipinski definition) is 1. The Bertz CT molecular complexity index is 807. The Hall–Kier alpha value is -2.86. The van der Waals surface area contributed by atoms with E-state index in [0.717, 1.165) is 23.3 Å². The molecule has 0 bridgehead atoms. The fraction of sp³-hybridized carbons (Fsp3) is 0.391. The van der Waals surface area contributed by atoms with Crippen molar-refractivity contribution in [2.45, 2.75) is 39.0 Å². The maximum atomic E-state index is 12.7. The summed E-state index contributed by atoms with van der Waals surface area (Å²) < 4.78 is 5.81. The lowest BCUT2D eigenvalue weighted by molar-refractivity contribution is -0.143. The van der Waals surface area contributed by atoms with Crippen LogP contribution in [-0.4, -0.2) is 52.5 Å². The summed E-state index contributed by atoms with van der Waals surface area (Å²) >= 11 is 0. The van der Waals surface area contributed by atoms with E-state index in [2.05, 4.69) is 0 Å². The fourth-order valence-electron chi connectivity index (χ4n) is 3.60. The van der Waals surface area contributed by atoms with Gasteiger partial charge in [0.2, 0.25) is 5.91 Å². The molecule has 0 aromatic heterocycles. The highest BCUT2D eigenvalue weighted by Gasteiger charge is 2.32. The van der Waals surface area contributed by atoms with Gasteiger partial charge in [-0.15, -0.1) is 0 Å². The molecule has 1 unspecified atom stereocenters. The molecule has 154 valence electrons. The quantitative estimate of drug-likeness (QED) is 0.705. The molecule has 0 spiro atoms. The number of rotatable bonds is 9. The van der Waals surface area contributed by atoms with Crippen molar-refractivity contribution in [2.75, 3.05) is 19.6 Å². The number of nitrogens with zero attached hydrogens (tertiary/aromatic N) is 2. The third kappa shape index (κ3) is 5.81. The summed E-state index contributed by atoms with van der Waals surface area (Å²) in [4.78, 5) is 27.5.